The van der Waals surface area contributed by atoms with Gasteiger partial charge in [0.05, 0.1) is 21.5 Å². The van der Waals surface area contributed by atoms with Gasteiger partial charge in [-0.1, -0.05) is 30.4 Å². The molecule has 2 aromatic heterocycles. The molecule has 0 radical (unpaired) electrons. The van der Waals surface area contributed by atoms with Gasteiger partial charge in [0.2, 0.25) is 0 Å². The first-order valence-electron chi connectivity index (χ1n) is 9.96. The predicted molar refractivity (Wildman–Crippen MR) is 121 cm³/mol. The molecule has 0 aliphatic carbocycles. The number of carbonyl (C=O) groups is 1. The van der Waals surface area contributed by atoms with Crippen LogP contribution in [0.25, 0.3) is 10.2 Å². The number of benzene rings is 2. The molecule has 158 valence electrons. The van der Waals surface area contributed by atoms with Gasteiger partial charge in [-0.05, 0) is 36.6 Å². The van der Waals surface area contributed by atoms with Crippen molar-refractivity contribution in [3.05, 3.63) is 82.4 Å². The molecule has 0 unspecified atom stereocenters. The van der Waals surface area contributed by atoms with Crippen LogP contribution in [0.5, 0.6) is 0 Å². The minimum atomic E-state index is -0.496. The van der Waals surface area contributed by atoms with E-state index in [1.807, 2.05) is 22.9 Å². The van der Waals surface area contributed by atoms with E-state index in [-0.39, 0.29) is 17.2 Å². The summed E-state index contributed by atoms with van der Waals surface area (Å²) < 4.78 is 2.96. The Kier molecular flexibility index (Phi) is 6.03. The summed E-state index contributed by atoms with van der Waals surface area (Å²) in [5.74, 6) is -0.302. The summed E-state index contributed by atoms with van der Waals surface area (Å²) in [6.07, 6.45) is 6.93. The molecule has 0 atom stereocenters. The maximum Gasteiger partial charge on any atom is 0.270 e. The number of imidazole rings is 1. The molecule has 2 heterocycles. The Hall–Kier alpha value is -3.59. The van der Waals surface area contributed by atoms with Crippen LogP contribution in [0.4, 0.5) is 10.8 Å². The zero-order valence-electron chi connectivity index (χ0n) is 17.0. The zero-order valence-corrected chi connectivity index (χ0v) is 17.8. The van der Waals surface area contributed by atoms with Crippen LogP contribution in [0.2, 0.25) is 0 Å². The molecule has 0 aliphatic rings. The molecule has 0 fully saturated rings. The second-order valence-corrected chi connectivity index (χ2v) is 8.08. The Morgan fingerprint density at radius 3 is 2.87 bits per heavy atom. The fourth-order valence-corrected chi connectivity index (χ4v) is 4.37. The first-order valence-corrected chi connectivity index (χ1v) is 10.8. The standard InChI is InChI=1S/C22H21N5O3S/c1-2-16-7-8-19-20(13-16)31-22(24-19)26(11-4-10-25-12-9-23-15-25)21(28)17-5-3-6-18(14-17)27(29)30/h3,5-9,12-15H,2,4,10-11H2,1H3. The molecule has 31 heavy (non-hydrogen) atoms. The van der Waals surface area contributed by atoms with E-state index in [2.05, 4.69) is 23.0 Å². The highest BCUT2D eigenvalue weighted by molar-refractivity contribution is 7.22. The van der Waals surface area contributed by atoms with Crippen LogP contribution >= 0.6 is 11.3 Å². The average molecular weight is 436 g/mol. The van der Waals surface area contributed by atoms with Crippen LogP contribution in [0.1, 0.15) is 29.3 Å². The summed E-state index contributed by atoms with van der Waals surface area (Å²) in [7, 11) is 0. The lowest BCUT2D eigenvalue weighted by atomic mass is 10.1. The van der Waals surface area contributed by atoms with Gasteiger partial charge in [0.25, 0.3) is 11.6 Å². The van der Waals surface area contributed by atoms with Crippen molar-refractivity contribution >= 4 is 38.3 Å². The molecule has 4 rings (SSSR count). The molecule has 0 saturated heterocycles. The largest absolute Gasteiger partial charge is 0.337 e. The quantitative estimate of drug-likeness (QED) is 0.295. The Balaban J connectivity index is 1.65. The zero-order chi connectivity index (χ0) is 21.8. The molecule has 4 aromatic rings. The van der Waals surface area contributed by atoms with Gasteiger partial charge in [0, 0.05) is 43.2 Å². The van der Waals surface area contributed by atoms with Crippen molar-refractivity contribution in [1.82, 2.24) is 14.5 Å². The number of nitro groups is 1. The Bertz CT molecular complexity index is 1220. The molecule has 2 aromatic carbocycles. The van der Waals surface area contributed by atoms with Gasteiger partial charge in [0.15, 0.2) is 5.13 Å². The Morgan fingerprint density at radius 1 is 1.26 bits per heavy atom. The molecule has 1 amide bonds. The van der Waals surface area contributed by atoms with Gasteiger partial charge >= 0.3 is 0 Å². The van der Waals surface area contributed by atoms with E-state index in [0.29, 0.717) is 24.6 Å². The number of amides is 1. The summed E-state index contributed by atoms with van der Waals surface area (Å²) in [6.45, 7) is 3.22. The van der Waals surface area contributed by atoms with Gasteiger partial charge in [-0.25, -0.2) is 9.97 Å². The maximum atomic E-state index is 13.4. The number of non-ortho nitro benzene ring substituents is 1. The Labute approximate surface area is 182 Å². The van der Waals surface area contributed by atoms with Crippen molar-refractivity contribution in [2.45, 2.75) is 26.3 Å². The van der Waals surface area contributed by atoms with Crippen molar-refractivity contribution in [2.24, 2.45) is 0 Å². The number of anilines is 1. The summed E-state index contributed by atoms with van der Waals surface area (Å²) in [5.41, 5.74) is 2.20. The SMILES string of the molecule is CCc1ccc2nc(N(CCCn3ccnc3)C(=O)c3cccc([N+](=O)[O-])c3)sc2c1. The molecule has 0 aliphatic heterocycles. The topological polar surface area (TPSA) is 94.2 Å². The van der Waals surface area contributed by atoms with E-state index in [1.165, 1.54) is 35.1 Å². The number of hydrogen-bond donors (Lipinski definition) is 0. The van der Waals surface area contributed by atoms with E-state index in [4.69, 9.17) is 0 Å². The van der Waals surface area contributed by atoms with Gasteiger partial charge in [-0.2, -0.15) is 0 Å². The van der Waals surface area contributed by atoms with Crippen LogP contribution in [0, 0.1) is 10.1 Å². The van der Waals surface area contributed by atoms with E-state index >= 15 is 0 Å². The highest BCUT2D eigenvalue weighted by Crippen LogP contribution is 2.31. The number of aryl methyl sites for hydroxylation is 2. The summed E-state index contributed by atoms with van der Waals surface area (Å²) in [6, 6.07) is 11.9. The van der Waals surface area contributed by atoms with Gasteiger partial charge in [-0.15, -0.1) is 0 Å². The van der Waals surface area contributed by atoms with Crippen LogP contribution in [-0.4, -0.2) is 31.9 Å². The second-order valence-electron chi connectivity index (χ2n) is 7.07. The lowest BCUT2D eigenvalue weighted by molar-refractivity contribution is -0.384. The van der Waals surface area contributed by atoms with Crippen LogP contribution in [0.3, 0.4) is 0 Å². The molecular formula is C22H21N5O3S. The number of fused-ring (bicyclic) bond motifs is 1. The normalized spacial score (nSPS) is 11.0. The second kappa shape index (κ2) is 9.05. The number of nitro benzene ring substituents is 1. The molecule has 8 nitrogen and oxygen atoms in total. The van der Waals surface area contributed by atoms with E-state index in [0.717, 1.165) is 16.6 Å². The third-order valence-corrected chi connectivity index (χ3v) is 6.03. The van der Waals surface area contributed by atoms with Crippen LogP contribution in [-0.2, 0) is 13.0 Å². The number of aromatic nitrogens is 3. The van der Waals surface area contributed by atoms with Crippen molar-refractivity contribution in [1.29, 1.82) is 0 Å². The van der Waals surface area contributed by atoms with Gasteiger partial charge in [0.1, 0.15) is 0 Å². The number of rotatable bonds is 8. The number of nitrogens with zero attached hydrogens (tertiary/aromatic N) is 5. The highest BCUT2D eigenvalue weighted by Gasteiger charge is 2.22. The van der Waals surface area contributed by atoms with Gasteiger partial charge in [-0.3, -0.25) is 19.8 Å². The summed E-state index contributed by atoms with van der Waals surface area (Å²) in [5, 5.41) is 11.7. The fourth-order valence-electron chi connectivity index (χ4n) is 3.32. The van der Waals surface area contributed by atoms with Crippen LogP contribution < -0.4 is 4.90 Å². The third-order valence-electron chi connectivity index (χ3n) is 4.99. The molecular weight excluding hydrogens is 414 g/mol. The van der Waals surface area contributed by atoms with E-state index < -0.39 is 4.92 Å². The predicted octanol–water partition coefficient (Wildman–Crippen LogP) is 4.70. The van der Waals surface area contributed by atoms with E-state index in [9.17, 15) is 14.9 Å². The van der Waals surface area contributed by atoms with Crippen molar-refractivity contribution < 1.29 is 9.72 Å². The number of hydrogen-bond acceptors (Lipinski definition) is 6. The summed E-state index contributed by atoms with van der Waals surface area (Å²) >= 11 is 1.46. The van der Waals surface area contributed by atoms with Crippen molar-refractivity contribution in [3.63, 3.8) is 0 Å². The first-order chi connectivity index (χ1) is 15.0. The lowest BCUT2D eigenvalue weighted by Crippen LogP contribution is -2.32. The monoisotopic (exact) mass is 435 g/mol. The molecule has 0 bridgehead atoms. The van der Waals surface area contributed by atoms with E-state index in [1.54, 1.807) is 23.5 Å². The van der Waals surface area contributed by atoms with Crippen LogP contribution in [0.15, 0.2) is 61.2 Å². The maximum absolute atomic E-state index is 13.4. The minimum absolute atomic E-state index is 0.110. The number of carbonyl (C=O) groups excluding carboxylic acids is 1. The molecule has 0 N–H and O–H groups in total. The van der Waals surface area contributed by atoms with Crippen molar-refractivity contribution in [3.8, 4) is 0 Å². The lowest BCUT2D eigenvalue weighted by Gasteiger charge is -2.20. The highest BCUT2D eigenvalue weighted by atomic mass is 32.1. The van der Waals surface area contributed by atoms with Gasteiger partial charge < -0.3 is 4.57 Å². The first kappa shape index (κ1) is 20.7. The molecule has 0 spiro atoms. The smallest absolute Gasteiger partial charge is 0.270 e. The fraction of sp³-hybridized carbons (Fsp3) is 0.227. The van der Waals surface area contributed by atoms with Crippen molar-refractivity contribution in [2.75, 3.05) is 11.4 Å². The Morgan fingerprint density at radius 2 is 2.13 bits per heavy atom. The molecule has 0 saturated carbocycles. The number of thiazole rings is 1. The summed E-state index contributed by atoms with van der Waals surface area (Å²) in [4.78, 5) is 34.4. The average Bonchev–Trinajstić information content (AvgIpc) is 3.45. The molecule has 9 heteroatoms. The minimum Gasteiger partial charge on any atom is -0.337 e. The third kappa shape index (κ3) is 4.61.